The van der Waals surface area contributed by atoms with Crippen molar-refractivity contribution in [2.75, 3.05) is 18.0 Å². The van der Waals surface area contributed by atoms with Crippen LogP contribution in [-0.4, -0.2) is 28.6 Å². The number of aryl methyl sites for hydroxylation is 1. The number of nitrogens with zero attached hydrogens (tertiary/aromatic N) is 3. The summed E-state index contributed by atoms with van der Waals surface area (Å²) in [6.45, 7) is 11.5. The van der Waals surface area contributed by atoms with E-state index in [4.69, 9.17) is 0 Å². The maximum atomic E-state index is 4.67. The zero-order valence-corrected chi connectivity index (χ0v) is 12.0. The summed E-state index contributed by atoms with van der Waals surface area (Å²) in [5.41, 5.74) is 2.25. The van der Waals surface area contributed by atoms with Gasteiger partial charge in [0.2, 0.25) is 5.95 Å². The van der Waals surface area contributed by atoms with Crippen molar-refractivity contribution in [2.45, 2.75) is 52.6 Å². The Morgan fingerprint density at radius 1 is 1.22 bits per heavy atom. The summed E-state index contributed by atoms with van der Waals surface area (Å²) in [6.07, 6.45) is 2.51. The lowest BCUT2D eigenvalue weighted by Gasteiger charge is -2.21. The van der Waals surface area contributed by atoms with Gasteiger partial charge < -0.3 is 10.2 Å². The molecule has 4 nitrogen and oxygen atoms in total. The molecule has 1 N–H and O–H groups in total. The Morgan fingerprint density at radius 3 is 2.50 bits per heavy atom. The summed E-state index contributed by atoms with van der Waals surface area (Å²) in [7, 11) is 0. The zero-order chi connectivity index (χ0) is 13.2. The fraction of sp³-hybridized carbons (Fsp3) is 0.714. The first-order valence-corrected chi connectivity index (χ1v) is 6.78. The van der Waals surface area contributed by atoms with Gasteiger partial charge in [-0.25, -0.2) is 9.97 Å². The number of hydrogen-bond acceptors (Lipinski definition) is 4. The number of anilines is 1. The molecule has 0 aromatic carbocycles. The highest BCUT2D eigenvalue weighted by Crippen LogP contribution is 2.16. The molecule has 0 unspecified atom stereocenters. The molecular formula is C14H24N4. The van der Waals surface area contributed by atoms with Gasteiger partial charge in [0, 0.05) is 30.9 Å². The molecule has 0 bridgehead atoms. The van der Waals surface area contributed by atoms with Gasteiger partial charge in [-0.3, -0.25) is 0 Å². The minimum Gasteiger partial charge on any atom is -0.341 e. The van der Waals surface area contributed by atoms with Crippen molar-refractivity contribution in [2.24, 2.45) is 0 Å². The quantitative estimate of drug-likeness (QED) is 0.891. The third-order valence-electron chi connectivity index (χ3n) is 3.08. The molecule has 0 amide bonds. The minimum absolute atomic E-state index is 0.118. The van der Waals surface area contributed by atoms with Gasteiger partial charge in [0.15, 0.2) is 0 Å². The van der Waals surface area contributed by atoms with Crippen LogP contribution in [0.2, 0.25) is 0 Å². The minimum atomic E-state index is 0.118. The molecule has 100 valence electrons. The van der Waals surface area contributed by atoms with Gasteiger partial charge in [-0.2, -0.15) is 0 Å². The van der Waals surface area contributed by atoms with Crippen molar-refractivity contribution < 1.29 is 0 Å². The molecule has 1 aromatic rings. The van der Waals surface area contributed by atoms with Crippen LogP contribution in [-0.2, 0) is 6.54 Å². The summed E-state index contributed by atoms with van der Waals surface area (Å²) in [5, 5.41) is 3.47. The summed E-state index contributed by atoms with van der Waals surface area (Å²) in [4.78, 5) is 11.5. The van der Waals surface area contributed by atoms with Crippen molar-refractivity contribution in [3.63, 3.8) is 0 Å². The average Bonchev–Trinajstić information content (AvgIpc) is 2.78. The van der Waals surface area contributed by atoms with Gasteiger partial charge in [0.05, 0.1) is 5.69 Å². The van der Waals surface area contributed by atoms with Crippen LogP contribution >= 0.6 is 0 Å². The van der Waals surface area contributed by atoms with Crippen molar-refractivity contribution >= 4 is 5.95 Å². The van der Waals surface area contributed by atoms with Gasteiger partial charge in [-0.1, -0.05) is 0 Å². The Balaban J connectivity index is 2.10. The molecule has 0 saturated carbocycles. The Labute approximate surface area is 110 Å². The molecule has 1 aromatic heterocycles. The van der Waals surface area contributed by atoms with Gasteiger partial charge in [-0.15, -0.1) is 0 Å². The second-order valence-corrected chi connectivity index (χ2v) is 6.10. The molecule has 1 aliphatic rings. The smallest absolute Gasteiger partial charge is 0.225 e. The third-order valence-corrected chi connectivity index (χ3v) is 3.08. The van der Waals surface area contributed by atoms with E-state index < -0.39 is 0 Å². The Kier molecular flexibility index (Phi) is 3.85. The van der Waals surface area contributed by atoms with Crippen LogP contribution in [0.3, 0.4) is 0 Å². The highest BCUT2D eigenvalue weighted by atomic mass is 15.3. The lowest BCUT2D eigenvalue weighted by molar-refractivity contribution is 0.421. The van der Waals surface area contributed by atoms with Gasteiger partial charge >= 0.3 is 0 Å². The zero-order valence-electron chi connectivity index (χ0n) is 12.0. The summed E-state index contributed by atoms with van der Waals surface area (Å²) in [5.74, 6) is 0.901. The van der Waals surface area contributed by atoms with Crippen LogP contribution in [0.1, 0.15) is 45.0 Å². The molecule has 2 heterocycles. The molecular weight excluding hydrogens is 224 g/mol. The second kappa shape index (κ2) is 5.22. The highest BCUT2D eigenvalue weighted by molar-refractivity contribution is 5.33. The van der Waals surface area contributed by atoms with Crippen LogP contribution in [0, 0.1) is 6.92 Å². The lowest BCUT2D eigenvalue weighted by atomic mass is 10.1. The van der Waals surface area contributed by atoms with E-state index in [1.165, 1.54) is 12.8 Å². The van der Waals surface area contributed by atoms with Crippen molar-refractivity contribution in [1.82, 2.24) is 15.3 Å². The second-order valence-electron chi connectivity index (χ2n) is 6.10. The first-order chi connectivity index (χ1) is 8.44. The molecule has 1 fully saturated rings. The number of nitrogens with one attached hydrogen (secondary N) is 1. The van der Waals surface area contributed by atoms with Crippen LogP contribution in [0.25, 0.3) is 0 Å². The van der Waals surface area contributed by atoms with E-state index in [0.29, 0.717) is 0 Å². The highest BCUT2D eigenvalue weighted by Gasteiger charge is 2.16. The first kappa shape index (κ1) is 13.3. The van der Waals surface area contributed by atoms with Gasteiger partial charge in [0.25, 0.3) is 0 Å². The number of aromatic nitrogens is 2. The molecule has 18 heavy (non-hydrogen) atoms. The summed E-state index contributed by atoms with van der Waals surface area (Å²) < 4.78 is 0. The van der Waals surface area contributed by atoms with Gasteiger partial charge in [-0.05, 0) is 46.6 Å². The summed E-state index contributed by atoms with van der Waals surface area (Å²) in [6, 6.07) is 2.07. The monoisotopic (exact) mass is 248 g/mol. The maximum Gasteiger partial charge on any atom is 0.225 e. The van der Waals surface area contributed by atoms with Crippen LogP contribution < -0.4 is 10.2 Å². The fourth-order valence-corrected chi connectivity index (χ4v) is 2.12. The van der Waals surface area contributed by atoms with E-state index in [1.807, 2.05) is 6.92 Å². The number of rotatable bonds is 3. The van der Waals surface area contributed by atoms with Crippen LogP contribution in [0.5, 0.6) is 0 Å². The molecule has 0 aliphatic carbocycles. The van der Waals surface area contributed by atoms with E-state index >= 15 is 0 Å². The fourth-order valence-electron chi connectivity index (χ4n) is 2.12. The van der Waals surface area contributed by atoms with E-state index in [1.54, 1.807) is 0 Å². The Bertz CT molecular complexity index is 403. The lowest BCUT2D eigenvalue weighted by Crippen LogP contribution is -2.35. The van der Waals surface area contributed by atoms with Crippen LogP contribution in [0.15, 0.2) is 6.07 Å². The predicted octanol–water partition coefficient (Wildman–Crippen LogP) is 2.27. The topological polar surface area (TPSA) is 41.1 Å². The molecule has 0 radical (unpaired) electrons. The van der Waals surface area contributed by atoms with E-state index in [-0.39, 0.29) is 5.54 Å². The molecule has 2 rings (SSSR count). The van der Waals surface area contributed by atoms with Crippen LogP contribution in [0.4, 0.5) is 5.95 Å². The van der Waals surface area contributed by atoms with E-state index in [9.17, 15) is 0 Å². The molecule has 4 heteroatoms. The van der Waals surface area contributed by atoms with Crippen molar-refractivity contribution in [1.29, 1.82) is 0 Å². The van der Waals surface area contributed by atoms with Gasteiger partial charge in [0.1, 0.15) is 0 Å². The van der Waals surface area contributed by atoms with E-state index in [0.717, 1.165) is 37.0 Å². The van der Waals surface area contributed by atoms with Crippen molar-refractivity contribution in [3.05, 3.63) is 17.5 Å². The molecule has 0 spiro atoms. The standard InChI is InChI=1S/C14H24N4/c1-11-9-12(10-15-14(2,3)4)17-13(16-11)18-7-5-6-8-18/h9,15H,5-8,10H2,1-4H3. The van der Waals surface area contributed by atoms with E-state index in [2.05, 4.69) is 47.0 Å². The Hall–Kier alpha value is -1.16. The molecule has 1 saturated heterocycles. The number of hydrogen-bond donors (Lipinski definition) is 1. The largest absolute Gasteiger partial charge is 0.341 e. The van der Waals surface area contributed by atoms with Crippen molar-refractivity contribution in [3.8, 4) is 0 Å². The Morgan fingerprint density at radius 2 is 1.89 bits per heavy atom. The predicted molar refractivity (Wildman–Crippen MR) is 74.8 cm³/mol. The molecule has 1 aliphatic heterocycles. The first-order valence-electron chi connectivity index (χ1n) is 6.78. The maximum absolute atomic E-state index is 4.67. The average molecular weight is 248 g/mol. The molecule has 0 atom stereocenters. The SMILES string of the molecule is Cc1cc(CNC(C)(C)C)nc(N2CCCC2)n1. The normalized spacial score (nSPS) is 16.3. The summed E-state index contributed by atoms with van der Waals surface area (Å²) >= 11 is 0. The third kappa shape index (κ3) is 3.67.